The predicted octanol–water partition coefficient (Wildman–Crippen LogP) is 2.27. The molecule has 0 bridgehead atoms. The molecule has 0 aromatic rings. The van der Waals surface area contributed by atoms with Crippen LogP contribution in [-0.2, 0) is 0 Å². The molecule has 88 valence electrons. The van der Waals surface area contributed by atoms with Crippen molar-refractivity contribution in [3.05, 3.63) is 0 Å². The summed E-state index contributed by atoms with van der Waals surface area (Å²) in [5, 5.41) is 9.15. The highest BCUT2D eigenvalue weighted by Gasteiger charge is 2.45. The van der Waals surface area contributed by atoms with Crippen molar-refractivity contribution in [1.29, 1.82) is 0 Å². The summed E-state index contributed by atoms with van der Waals surface area (Å²) in [6.45, 7) is 7.31. The van der Waals surface area contributed by atoms with Gasteiger partial charge in [0.15, 0.2) is 0 Å². The average Bonchev–Trinajstić information content (AvgIpc) is 2.25. The van der Waals surface area contributed by atoms with Crippen molar-refractivity contribution in [2.75, 3.05) is 19.7 Å². The van der Waals surface area contributed by atoms with Crippen LogP contribution in [0.15, 0.2) is 0 Å². The molecule has 2 heteroatoms. The summed E-state index contributed by atoms with van der Waals surface area (Å²) in [7, 11) is 0. The van der Waals surface area contributed by atoms with Gasteiger partial charge >= 0.3 is 0 Å². The fourth-order valence-corrected chi connectivity index (χ4v) is 3.23. The molecule has 0 radical (unpaired) electrons. The molecule has 2 atom stereocenters. The van der Waals surface area contributed by atoms with Gasteiger partial charge in [-0.1, -0.05) is 26.2 Å². The molecular weight excluding hydrogens is 186 g/mol. The number of nitrogens with zero attached hydrogens (tertiary/aromatic N) is 1. The Labute approximate surface area is 93.7 Å². The largest absolute Gasteiger partial charge is 0.396 e. The van der Waals surface area contributed by atoms with E-state index in [4.69, 9.17) is 5.11 Å². The van der Waals surface area contributed by atoms with Crippen molar-refractivity contribution < 1.29 is 5.11 Å². The Morgan fingerprint density at radius 1 is 1.13 bits per heavy atom. The van der Waals surface area contributed by atoms with E-state index in [0.717, 1.165) is 0 Å². The highest BCUT2D eigenvalue weighted by Crippen LogP contribution is 2.44. The van der Waals surface area contributed by atoms with Gasteiger partial charge in [0, 0.05) is 25.7 Å². The molecule has 2 rings (SSSR count). The molecule has 1 saturated heterocycles. The van der Waals surface area contributed by atoms with Crippen LogP contribution >= 0.6 is 0 Å². The van der Waals surface area contributed by atoms with Gasteiger partial charge in [-0.3, -0.25) is 4.90 Å². The van der Waals surface area contributed by atoms with Gasteiger partial charge in [-0.05, 0) is 31.1 Å². The zero-order valence-corrected chi connectivity index (χ0v) is 10.2. The monoisotopic (exact) mass is 211 g/mol. The van der Waals surface area contributed by atoms with Crippen molar-refractivity contribution >= 4 is 0 Å². The van der Waals surface area contributed by atoms with E-state index in [9.17, 15) is 0 Å². The van der Waals surface area contributed by atoms with Gasteiger partial charge in [-0.15, -0.1) is 0 Å². The van der Waals surface area contributed by atoms with Gasteiger partial charge < -0.3 is 5.11 Å². The van der Waals surface area contributed by atoms with E-state index in [0.29, 0.717) is 24.0 Å². The molecule has 0 aromatic heterocycles. The number of rotatable bonds is 3. The molecule has 2 fully saturated rings. The van der Waals surface area contributed by atoms with Crippen LogP contribution in [0, 0.1) is 11.3 Å². The second kappa shape index (κ2) is 4.42. The molecule has 0 amide bonds. The molecule has 1 heterocycles. The second-order valence-electron chi connectivity index (χ2n) is 5.87. The Balaban J connectivity index is 1.81. The maximum Gasteiger partial charge on any atom is 0.0471 e. The number of hydrogen-bond acceptors (Lipinski definition) is 2. The minimum absolute atomic E-state index is 0.324. The number of likely N-dealkylation sites (tertiary alicyclic amines) is 1. The first-order valence-electron chi connectivity index (χ1n) is 6.52. The van der Waals surface area contributed by atoms with Crippen LogP contribution in [0.3, 0.4) is 0 Å². The van der Waals surface area contributed by atoms with Crippen LogP contribution in [0.5, 0.6) is 0 Å². The van der Waals surface area contributed by atoms with Crippen LogP contribution in [0.4, 0.5) is 0 Å². The van der Waals surface area contributed by atoms with Crippen LogP contribution in [0.2, 0.25) is 0 Å². The van der Waals surface area contributed by atoms with Crippen molar-refractivity contribution in [2.45, 2.75) is 52.0 Å². The number of aliphatic hydroxyl groups excluding tert-OH is 1. The SMILES string of the molecule is CC(CO)C(C)N1CC2(CCCCC2)C1. The molecule has 0 aromatic carbocycles. The lowest BCUT2D eigenvalue weighted by Crippen LogP contribution is -2.61. The summed E-state index contributed by atoms with van der Waals surface area (Å²) < 4.78 is 0. The quantitative estimate of drug-likeness (QED) is 0.774. The average molecular weight is 211 g/mol. The van der Waals surface area contributed by atoms with Crippen LogP contribution < -0.4 is 0 Å². The fourth-order valence-electron chi connectivity index (χ4n) is 3.23. The minimum Gasteiger partial charge on any atom is -0.396 e. The van der Waals surface area contributed by atoms with E-state index >= 15 is 0 Å². The molecule has 1 saturated carbocycles. The lowest BCUT2D eigenvalue weighted by atomic mass is 9.68. The molecule has 1 N–H and O–H groups in total. The third-order valence-electron chi connectivity index (χ3n) is 4.68. The summed E-state index contributed by atoms with van der Waals surface area (Å²) in [6, 6.07) is 0.558. The number of aliphatic hydroxyl groups is 1. The van der Waals surface area contributed by atoms with Crippen molar-refractivity contribution in [3.8, 4) is 0 Å². The van der Waals surface area contributed by atoms with E-state index in [1.54, 1.807) is 0 Å². The number of hydrogen-bond donors (Lipinski definition) is 1. The summed E-state index contributed by atoms with van der Waals surface area (Å²) >= 11 is 0. The van der Waals surface area contributed by atoms with E-state index in [-0.39, 0.29) is 0 Å². The van der Waals surface area contributed by atoms with E-state index in [2.05, 4.69) is 18.7 Å². The summed E-state index contributed by atoms with van der Waals surface area (Å²) in [5.41, 5.74) is 0.682. The molecule has 1 spiro atoms. The van der Waals surface area contributed by atoms with Crippen molar-refractivity contribution in [2.24, 2.45) is 11.3 Å². The molecule has 2 unspecified atom stereocenters. The van der Waals surface area contributed by atoms with Crippen LogP contribution in [-0.4, -0.2) is 35.7 Å². The highest BCUT2D eigenvalue weighted by atomic mass is 16.3. The summed E-state index contributed by atoms with van der Waals surface area (Å²) in [4.78, 5) is 2.56. The molecule has 15 heavy (non-hydrogen) atoms. The fraction of sp³-hybridized carbons (Fsp3) is 1.00. The Morgan fingerprint density at radius 2 is 1.73 bits per heavy atom. The van der Waals surface area contributed by atoms with Gasteiger partial charge in [-0.2, -0.15) is 0 Å². The zero-order valence-electron chi connectivity index (χ0n) is 10.2. The standard InChI is InChI=1S/C13H25NO/c1-11(8-15)12(2)14-9-13(10-14)6-4-3-5-7-13/h11-12,15H,3-10H2,1-2H3. The van der Waals surface area contributed by atoms with Gasteiger partial charge in [0.1, 0.15) is 0 Å². The third-order valence-corrected chi connectivity index (χ3v) is 4.68. The predicted molar refractivity (Wildman–Crippen MR) is 62.8 cm³/mol. The summed E-state index contributed by atoms with van der Waals surface area (Å²) in [5.74, 6) is 0.422. The Kier molecular flexibility index (Phi) is 3.36. The first-order chi connectivity index (χ1) is 7.17. The molecule has 2 nitrogen and oxygen atoms in total. The molecular formula is C13H25NO. The smallest absolute Gasteiger partial charge is 0.0471 e. The van der Waals surface area contributed by atoms with Crippen LogP contribution in [0.1, 0.15) is 46.0 Å². The van der Waals surface area contributed by atoms with E-state index in [1.807, 2.05) is 0 Å². The van der Waals surface area contributed by atoms with Gasteiger partial charge in [0.2, 0.25) is 0 Å². The summed E-state index contributed by atoms with van der Waals surface area (Å²) in [6.07, 6.45) is 7.23. The van der Waals surface area contributed by atoms with Crippen molar-refractivity contribution in [3.63, 3.8) is 0 Å². The Hall–Kier alpha value is -0.0800. The topological polar surface area (TPSA) is 23.5 Å². The van der Waals surface area contributed by atoms with Gasteiger partial charge in [0.25, 0.3) is 0 Å². The van der Waals surface area contributed by atoms with Crippen molar-refractivity contribution in [1.82, 2.24) is 4.90 Å². The maximum atomic E-state index is 9.15. The molecule has 1 aliphatic heterocycles. The third kappa shape index (κ3) is 2.21. The van der Waals surface area contributed by atoms with E-state index < -0.39 is 0 Å². The Bertz CT molecular complexity index is 203. The second-order valence-corrected chi connectivity index (χ2v) is 5.87. The molecule has 1 aliphatic carbocycles. The normalized spacial score (nSPS) is 29.8. The lowest BCUT2D eigenvalue weighted by Gasteiger charge is -2.55. The maximum absolute atomic E-state index is 9.15. The Morgan fingerprint density at radius 3 is 2.27 bits per heavy atom. The first-order valence-corrected chi connectivity index (χ1v) is 6.52. The minimum atomic E-state index is 0.324. The first kappa shape index (κ1) is 11.4. The van der Waals surface area contributed by atoms with Gasteiger partial charge in [-0.25, -0.2) is 0 Å². The zero-order chi connectivity index (χ0) is 10.9. The van der Waals surface area contributed by atoms with E-state index in [1.165, 1.54) is 45.2 Å². The lowest BCUT2D eigenvalue weighted by molar-refractivity contribution is -0.0670. The molecule has 2 aliphatic rings. The van der Waals surface area contributed by atoms with Gasteiger partial charge in [0.05, 0.1) is 0 Å². The highest BCUT2D eigenvalue weighted by molar-refractivity contribution is 4.98. The van der Waals surface area contributed by atoms with Crippen LogP contribution in [0.25, 0.3) is 0 Å².